The van der Waals surface area contributed by atoms with Gasteiger partial charge in [-0.25, -0.2) is 9.78 Å². The number of halogens is 1. The van der Waals surface area contributed by atoms with Crippen molar-refractivity contribution in [2.45, 2.75) is 6.54 Å². The van der Waals surface area contributed by atoms with Crippen LogP contribution in [0, 0.1) is 0 Å². The minimum Gasteiger partial charge on any atom is -0.480 e. The van der Waals surface area contributed by atoms with Crippen LogP contribution in [0.4, 0.5) is 10.5 Å². The van der Waals surface area contributed by atoms with E-state index < -0.39 is 18.5 Å². The number of anilines is 1. The number of nitrogens with one attached hydrogen (secondary N) is 1. The van der Waals surface area contributed by atoms with Crippen LogP contribution in [0.25, 0.3) is 0 Å². The normalized spacial score (nSPS) is 10.1. The summed E-state index contributed by atoms with van der Waals surface area (Å²) in [6, 6.07) is 5.87. The molecule has 0 unspecified atom stereocenters. The van der Waals surface area contributed by atoms with E-state index in [9.17, 15) is 9.59 Å². The van der Waals surface area contributed by atoms with Crippen molar-refractivity contribution in [3.8, 4) is 0 Å². The average Bonchev–Trinajstić information content (AvgIpc) is 2.96. The van der Waals surface area contributed by atoms with Gasteiger partial charge in [0.25, 0.3) is 0 Å². The van der Waals surface area contributed by atoms with E-state index in [-0.39, 0.29) is 6.54 Å². The van der Waals surface area contributed by atoms with E-state index >= 15 is 0 Å². The molecule has 1 aromatic carbocycles. The Hall–Kier alpha value is -2.12. The molecule has 6 nitrogen and oxygen atoms in total. The number of amides is 2. The van der Waals surface area contributed by atoms with E-state index in [4.69, 9.17) is 16.7 Å². The second-order valence-electron chi connectivity index (χ2n) is 4.04. The van der Waals surface area contributed by atoms with Crippen LogP contribution in [0.3, 0.4) is 0 Å². The molecule has 0 fully saturated rings. The number of urea groups is 1. The average molecular weight is 326 g/mol. The molecular weight excluding hydrogens is 314 g/mol. The molecule has 2 amide bonds. The van der Waals surface area contributed by atoms with E-state index in [2.05, 4.69) is 10.3 Å². The Morgan fingerprint density at radius 2 is 2.05 bits per heavy atom. The van der Waals surface area contributed by atoms with E-state index in [1.807, 2.05) is 0 Å². The molecule has 0 aliphatic heterocycles. The van der Waals surface area contributed by atoms with Crippen LogP contribution in [-0.2, 0) is 11.3 Å². The minimum atomic E-state index is -1.10. The first-order valence-electron chi connectivity index (χ1n) is 5.97. The van der Waals surface area contributed by atoms with Crippen LogP contribution in [0.2, 0.25) is 5.02 Å². The predicted octanol–water partition coefficient (Wildman–Crippen LogP) is 2.60. The van der Waals surface area contributed by atoms with Crippen molar-refractivity contribution < 1.29 is 14.7 Å². The smallest absolute Gasteiger partial charge is 0.323 e. The van der Waals surface area contributed by atoms with Crippen LogP contribution < -0.4 is 10.2 Å². The van der Waals surface area contributed by atoms with Crippen molar-refractivity contribution in [3.63, 3.8) is 0 Å². The predicted molar refractivity (Wildman–Crippen MR) is 80.8 cm³/mol. The van der Waals surface area contributed by atoms with Crippen LogP contribution in [0.15, 0.2) is 35.8 Å². The molecule has 1 heterocycles. The number of aromatic nitrogens is 1. The molecule has 0 aliphatic rings. The summed E-state index contributed by atoms with van der Waals surface area (Å²) in [5.41, 5.74) is 0.457. The molecule has 0 spiro atoms. The molecule has 2 aromatic rings. The number of hydrogen-bond donors (Lipinski definition) is 2. The molecule has 0 bridgehead atoms. The Kier molecular flexibility index (Phi) is 5.13. The van der Waals surface area contributed by atoms with Gasteiger partial charge in [-0.05, 0) is 24.3 Å². The fourth-order valence-corrected chi connectivity index (χ4v) is 2.31. The van der Waals surface area contributed by atoms with Gasteiger partial charge in [-0.3, -0.25) is 9.69 Å². The van der Waals surface area contributed by atoms with Crippen molar-refractivity contribution in [3.05, 3.63) is 45.9 Å². The van der Waals surface area contributed by atoms with Gasteiger partial charge in [-0.15, -0.1) is 11.3 Å². The number of thiazole rings is 1. The monoisotopic (exact) mass is 325 g/mol. The van der Waals surface area contributed by atoms with Gasteiger partial charge < -0.3 is 10.4 Å². The third-order valence-electron chi connectivity index (χ3n) is 2.55. The Balaban J connectivity index is 2.09. The topological polar surface area (TPSA) is 82.5 Å². The third kappa shape index (κ3) is 4.44. The van der Waals surface area contributed by atoms with Gasteiger partial charge in [0.1, 0.15) is 11.6 Å². The molecule has 110 valence electrons. The number of carbonyl (C=O) groups excluding carboxylic acids is 1. The lowest BCUT2D eigenvalue weighted by Gasteiger charge is -2.21. The number of carboxylic acid groups (broad SMARTS) is 1. The fraction of sp³-hybridized carbons (Fsp3) is 0.154. The highest BCUT2D eigenvalue weighted by Crippen LogP contribution is 2.18. The summed E-state index contributed by atoms with van der Waals surface area (Å²) < 4.78 is 0. The molecule has 0 atom stereocenters. The zero-order chi connectivity index (χ0) is 15.2. The zero-order valence-electron chi connectivity index (χ0n) is 10.8. The highest BCUT2D eigenvalue weighted by Gasteiger charge is 2.18. The maximum atomic E-state index is 12.2. The van der Waals surface area contributed by atoms with E-state index in [0.717, 1.165) is 9.91 Å². The molecule has 2 N–H and O–H groups in total. The molecular formula is C13H12ClN3O3S. The molecule has 2 rings (SSSR count). The van der Waals surface area contributed by atoms with E-state index in [0.29, 0.717) is 10.7 Å². The quantitative estimate of drug-likeness (QED) is 0.885. The van der Waals surface area contributed by atoms with Crippen molar-refractivity contribution in [1.29, 1.82) is 0 Å². The second-order valence-corrected chi connectivity index (χ2v) is 5.46. The molecule has 21 heavy (non-hydrogen) atoms. The summed E-state index contributed by atoms with van der Waals surface area (Å²) in [7, 11) is 0. The van der Waals surface area contributed by atoms with Gasteiger partial charge in [0, 0.05) is 22.3 Å². The van der Waals surface area contributed by atoms with Gasteiger partial charge in [-0.1, -0.05) is 11.6 Å². The van der Waals surface area contributed by atoms with Crippen LogP contribution in [0.1, 0.15) is 5.01 Å². The molecule has 0 radical (unpaired) electrons. The number of aliphatic carboxylic acids is 1. The van der Waals surface area contributed by atoms with Crippen molar-refractivity contribution in [2.75, 3.05) is 11.4 Å². The first kappa shape index (κ1) is 15.3. The summed E-state index contributed by atoms with van der Waals surface area (Å²) in [6.07, 6.45) is 1.64. The summed E-state index contributed by atoms with van der Waals surface area (Å²) in [6.45, 7) is -0.189. The first-order chi connectivity index (χ1) is 10.1. The fourth-order valence-electron chi connectivity index (χ4n) is 1.62. The molecule has 0 saturated carbocycles. The number of benzene rings is 1. The number of carbonyl (C=O) groups is 2. The Labute approximate surface area is 130 Å². The molecule has 0 saturated heterocycles. The number of nitrogens with zero attached hydrogens (tertiary/aromatic N) is 2. The molecule has 0 aliphatic carbocycles. The van der Waals surface area contributed by atoms with Gasteiger partial charge >= 0.3 is 12.0 Å². The van der Waals surface area contributed by atoms with Gasteiger partial charge in [0.2, 0.25) is 0 Å². The number of rotatable bonds is 5. The molecule has 8 heteroatoms. The standard InChI is InChI=1S/C13H12ClN3O3S/c14-9-1-3-10(4-2-9)17(8-12(18)19)13(20)16-7-11-15-5-6-21-11/h1-6H,7-8H2,(H,16,20)(H,18,19). The summed E-state index contributed by atoms with van der Waals surface area (Å²) in [4.78, 5) is 28.3. The van der Waals surface area contributed by atoms with Gasteiger partial charge in [0.05, 0.1) is 6.54 Å². The van der Waals surface area contributed by atoms with Crippen LogP contribution in [0.5, 0.6) is 0 Å². The maximum absolute atomic E-state index is 12.2. The van der Waals surface area contributed by atoms with Crippen molar-refractivity contribution in [2.24, 2.45) is 0 Å². The van der Waals surface area contributed by atoms with Crippen molar-refractivity contribution in [1.82, 2.24) is 10.3 Å². The largest absolute Gasteiger partial charge is 0.480 e. The lowest BCUT2D eigenvalue weighted by molar-refractivity contribution is -0.135. The third-order valence-corrected chi connectivity index (χ3v) is 3.58. The maximum Gasteiger partial charge on any atom is 0.323 e. The van der Waals surface area contributed by atoms with Crippen molar-refractivity contribution >= 4 is 40.6 Å². The highest BCUT2D eigenvalue weighted by atomic mass is 35.5. The Morgan fingerprint density at radius 3 is 2.62 bits per heavy atom. The first-order valence-corrected chi connectivity index (χ1v) is 7.23. The van der Waals surface area contributed by atoms with Crippen LogP contribution in [-0.4, -0.2) is 28.6 Å². The lowest BCUT2D eigenvalue weighted by Crippen LogP contribution is -2.42. The highest BCUT2D eigenvalue weighted by molar-refractivity contribution is 7.09. The SMILES string of the molecule is O=C(O)CN(C(=O)NCc1nccs1)c1ccc(Cl)cc1. The summed E-state index contributed by atoms with van der Waals surface area (Å²) in [5, 5.41) is 14.6. The van der Waals surface area contributed by atoms with E-state index in [1.165, 1.54) is 11.3 Å². The summed E-state index contributed by atoms with van der Waals surface area (Å²) >= 11 is 7.20. The summed E-state index contributed by atoms with van der Waals surface area (Å²) in [5.74, 6) is -1.10. The lowest BCUT2D eigenvalue weighted by atomic mass is 10.3. The minimum absolute atomic E-state index is 0.250. The van der Waals surface area contributed by atoms with Crippen LogP contribution >= 0.6 is 22.9 Å². The zero-order valence-corrected chi connectivity index (χ0v) is 12.4. The van der Waals surface area contributed by atoms with Gasteiger partial charge in [-0.2, -0.15) is 0 Å². The van der Waals surface area contributed by atoms with E-state index in [1.54, 1.807) is 35.8 Å². The second kappa shape index (κ2) is 7.05. The molecule has 1 aromatic heterocycles. The Bertz CT molecular complexity index is 616. The number of carboxylic acids is 1. The Morgan fingerprint density at radius 1 is 1.33 bits per heavy atom. The number of hydrogen-bond acceptors (Lipinski definition) is 4. The van der Waals surface area contributed by atoms with Gasteiger partial charge in [0.15, 0.2) is 0 Å².